The lowest BCUT2D eigenvalue weighted by molar-refractivity contribution is -0.252. The van der Waals surface area contributed by atoms with Crippen LogP contribution in [0.5, 0.6) is 0 Å². The predicted octanol–water partition coefficient (Wildman–Crippen LogP) is 2.66. The fraction of sp³-hybridized carbons (Fsp3) is 0.458. The van der Waals surface area contributed by atoms with Gasteiger partial charge >= 0.3 is 23.9 Å². The summed E-state index contributed by atoms with van der Waals surface area (Å²) in [5.74, 6) is -2.20. The van der Waals surface area contributed by atoms with E-state index in [1.807, 2.05) is 0 Å². The van der Waals surface area contributed by atoms with Gasteiger partial charge in [-0.2, -0.15) is 0 Å². The molecule has 0 bridgehead atoms. The van der Waals surface area contributed by atoms with Crippen LogP contribution in [0.3, 0.4) is 0 Å². The Morgan fingerprint density at radius 3 is 1.94 bits per heavy atom. The van der Waals surface area contributed by atoms with Crippen molar-refractivity contribution in [1.29, 1.82) is 0 Å². The van der Waals surface area contributed by atoms with E-state index < -0.39 is 54.4 Å². The Balaban J connectivity index is 1.94. The van der Waals surface area contributed by atoms with Gasteiger partial charge in [0.15, 0.2) is 24.1 Å². The maximum absolute atomic E-state index is 11.9. The van der Waals surface area contributed by atoms with E-state index in [0.29, 0.717) is 16.5 Å². The highest BCUT2D eigenvalue weighted by Gasteiger charge is 2.52. The minimum absolute atomic E-state index is 0.0656. The van der Waals surface area contributed by atoms with Crippen LogP contribution in [0.25, 0.3) is 11.3 Å². The van der Waals surface area contributed by atoms with E-state index in [1.54, 1.807) is 30.3 Å². The number of esters is 4. The number of aromatic nitrogens is 1. The fourth-order valence-electron chi connectivity index (χ4n) is 3.85. The van der Waals surface area contributed by atoms with Crippen molar-refractivity contribution in [3.63, 3.8) is 0 Å². The molecule has 2 heterocycles. The number of ether oxygens (including phenoxy) is 5. The number of carbonyl (C=O) groups is 4. The lowest BCUT2D eigenvalue weighted by Gasteiger charge is -2.44. The molecule has 1 fully saturated rings. The van der Waals surface area contributed by atoms with Gasteiger partial charge in [-0.3, -0.25) is 19.2 Å². The summed E-state index contributed by atoms with van der Waals surface area (Å²) in [6.07, 6.45) is -5.50. The Kier molecular flexibility index (Phi) is 9.05. The normalized spacial score (nSPS) is 23.4. The number of hydrogen-bond donors (Lipinski definition) is 0. The van der Waals surface area contributed by atoms with Crippen molar-refractivity contribution in [2.75, 3.05) is 6.61 Å². The molecular weight excluding hydrogens is 498 g/mol. The average molecular weight is 524 g/mol. The van der Waals surface area contributed by atoms with Gasteiger partial charge in [0.1, 0.15) is 18.8 Å². The molecular formula is C24H26ClNO10. The largest absolute Gasteiger partial charge is 0.463 e. The van der Waals surface area contributed by atoms with E-state index in [9.17, 15) is 19.2 Å². The number of rotatable bonds is 8. The minimum atomic E-state index is -1.24. The first-order chi connectivity index (χ1) is 17.0. The van der Waals surface area contributed by atoms with Crippen molar-refractivity contribution in [2.24, 2.45) is 0 Å². The predicted molar refractivity (Wildman–Crippen MR) is 123 cm³/mol. The number of hydrogen-bond acceptors (Lipinski definition) is 11. The van der Waals surface area contributed by atoms with Gasteiger partial charge in [0.2, 0.25) is 0 Å². The summed E-state index contributed by atoms with van der Waals surface area (Å²) in [7, 11) is 0. The van der Waals surface area contributed by atoms with Gasteiger partial charge < -0.3 is 28.2 Å². The second kappa shape index (κ2) is 12.0. The van der Waals surface area contributed by atoms with Crippen LogP contribution in [-0.4, -0.2) is 66.2 Å². The van der Waals surface area contributed by atoms with E-state index in [0.717, 1.165) is 19.4 Å². The Morgan fingerprint density at radius 2 is 1.39 bits per heavy atom. The molecule has 0 aliphatic carbocycles. The van der Waals surface area contributed by atoms with E-state index in [4.69, 9.17) is 39.8 Å². The van der Waals surface area contributed by atoms with Crippen LogP contribution in [0.4, 0.5) is 0 Å². The SMILES string of the molecule is CC(=O)OC[C@H]1O[C@@H](Cc2cc(-c3ccc(Cl)cc3)on2)[C@H](OC(C)=O)[C@@H](OC(C)=O)[C@H]1OC(C)=O. The third-order valence-electron chi connectivity index (χ3n) is 5.19. The Bertz CT molecular complexity index is 1100. The first-order valence-electron chi connectivity index (χ1n) is 11.1. The van der Waals surface area contributed by atoms with Crippen LogP contribution in [0.1, 0.15) is 33.4 Å². The Labute approximate surface area is 211 Å². The standard InChI is InChI=1S/C24H26ClNO10/c1-12(27)31-11-21-23(33-14(3)29)24(34-15(4)30)22(32-13(2)28)20(35-21)10-18-9-19(36-26-18)16-5-7-17(25)8-6-16/h5-9,20-24H,10-11H2,1-4H3/t20-,21+,22-,23-,24+/m0/s1. The molecule has 0 saturated carbocycles. The van der Waals surface area contributed by atoms with Crippen molar-refractivity contribution in [2.45, 2.75) is 64.6 Å². The molecule has 0 radical (unpaired) electrons. The third kappa shape index (κ3) is 7.28. The van der Waals surface area contributed by atoms with Crippen LogP contribution >= 0.6 is 11.6 Å². The number of halogens is 1. The monoisotopic (exact) mass is 523 g/mol. The molecule has 5 atom stereocenters. The Morgan fingerprint density at radius 1 is 0.833 bits per heavy atom. The third-order valence-corrected chi connectivity index (χ3v) is 5.44. The highest BCUT2D eigenvalue weighted by atomic mass is 35.5. The number of nitrogens with zero attached hydrogens (tertiary/aromatic N) is 1. The topological polar surface area (TPSA) is 140 Å². The lowest BCUT2D eigenvalue weighted by atomic mass is 9.91. The molecule has 1 aliphatic rings. The van der Waals surface area contributed by atoms with Gasteiger partial charge in [-0.15, -0.1) is 0 Å². The minimum Gasteiger partial charge on any atom is -0.463 e. The summed E-state index contributed by atoms with van der Waals surface area (Å²) in [5.41, 5.74) is 1.18. The van der Waals surface area contributed by atoms with E-state index in [2.05, 4.69) is 5.16 Å². The maximum atomic E-state index is 11.9. The molecule has 0 spiro atoms. The molecule has 3 rings (SSSR count). The highest BCUT2D eigenvalue weighted by molar-refractivity contribution is 6.30. The molecule has 0 N–H and O–H groups in total. The molecule has 1 aromatic heterocycles. The molecule has 1 saturated heterocycles. The van der Waals surface area contributed by atoms with E-state index in [-0.39, 0.29) is 13.0 Å². The average Bonchev–Trinajstić information content (AvgIpc) is 3.24. The molecule has 1 aliphatic heterocycles. The van der Waals surface area contributed by atoms with E-state index >= 15 is 0 Å². The van der Waals surface area contributed by atoms with Crippen molar-refractivity contribution in [1.82, 2.24) is 5.16 Å². The van der Waals surface area contributed by atoms with Crippen molar-refractivity contribution in [3.05, 3.63) is 41.0 Å². The van der Waals surface area contributed by atoms with E-state index in [1.165, 1.54) is 13.8 Å². The van der Waals surface area contributed by atoms with Gasteiger partial charge in [-0.05, 0) is 24.3 Å². The quantitative estimate of drug-likeness (QED) is 0.372. The summed E-state index contributed by atoms with van der Waals surface area (Å²) in [6, 6.07) is 8.62. The fourth-order valence-corrected chi connectivity index (χ4v) is 3.97. The summed E-state index contributed by atoms with van der Waals surface area (Å²) in [6.45, 7) is 4.41. The van der Waals surface area contributed by atoms with Crippen molar-refractivity contribution < 1.29 is 47.4 Å². The van der Waals surface area contributed by atoms with Crippen molar-refractivity contribution in [3.8, 4) is 11.3 Å². The summed E-state index contributed by atoms with van der Waals surface area (Å²) in [4.78, 5) is 47.1. The molecule has 2 aromatic rings. The summed E-state index contributed by atoms with van der Waals surface area (Å²) >= 11 is 5.94. The smallest absolute Gasteiger partial charge is 0.303 e. The Hall–Kier alpha value is -3.44. The van der Waals surface area contributed by atoms with Gasteiger partial charge in [0.05, 0.1) is 5.69 Å². The molecule has 36 heavy (non-hydrogen) atoms. The van der Waals surface area contributed by atoms with Gasteiger partial charge in [0, 0.05) is 50.8 Å². The summed E-state index contributed by atoms with van der Waals surface area (Å²) in [5, 5.41) is 4.63. The lowest BCUT2D eigenvalue weighted by Crippen LogP contribution is -2.62. The van der Waals surface area contributed by atoms with Gasteiger partial charge in [0.25, 0.3) is 0 Å². The zero-order chi connectivity index (χ0) is 26.4. The molecule has 12 heteroatoms. The van der Waals surface area contributed by atoms with Crippen molar-refractivity contribution >= 4 is 35.5 Å². The van der Waals surface area contributed by atoms with Crippen LogP contribution in [-0.2, 0) is 49.3 Å². The second-order valence-electron chi connectivity index (χ2n) is 8.13. The zero-order valence-corrected chi connectivity index (χ0v) is 20.9. The number of benzene rings is 1. The zero-order valence-electron chi connectivity index (χ0n) is 20.1. The molecule has 0 unspecified atom stereocenters. The second-order valence-corrected chi connectivity index (χ2v) is 8.57. The molecule has 194 valence electrons. The first-order valence-corrected chi connectivity index (χ1v) is 11.4. The molecule has 0 amide bonds. The van der Waals surface area contributed by atoms with Crippen LogP contribution in [0.2, 0.25) is 5.02 Å². The summed E-state index contributed by atoms with van der Waals surface area (Å²) < 4.78 is 32.9. The maximum Gasteiger partial charge on any atom is 0.303 e. The first kappa shape index (κ1) is 27.2. The van der Waals surface area contributed by atoms with Crippen LogP contribution in [0.15, 0.2) is 34.9 Å². The van der Waals surface area contributed by atoms with Gasteiger partial charge in [-0.1, -0.05) is 16.8 Å². The van der Waals surface area contributed by atoms with Gasteiger partial charge in [-0.25, -0.2) is 0 Å². The van der Waals surface area contributed by atoms with Crippen LogP contribution < -0.4 is 0 Å². The number of carbonyl (C=O) groups excluding carboxylic acids is 4. The highest BCUT2D eigenvalue weighted by Crippen LogP contribution is 2.32. The molecule has 11 nitrogen and oxygen atoms in total. The van der Waals surface area contributed by atoms with Crippen LogP contribution in [0, 0.1) is 0 Å². The molecule has 1 aromatic carbocycles.